The first-order chi connectivity index (χ1) is 9.81. The first-order valence-electron chi connectivity index (χ1n) is 7.67. The van der Waals surface area contributed by atoms with Crippen LogP contribution in [0, 0.1) is 17.2 Å². The Hall–Kier alpha value is -1.53. The lowest BCUT2D eigenvalue weighted by Gasteiger charge is -2.21. The van der Waals surface area contributed by atoms with Crippen molar-refractivity contribution >= 4 is 0 Å². The van der Waals surface area contributed by atoms with Crippen LogP contribution in [-0.2, 0) is 0 Å². The summed E-state index contributed by atoms with van der Waals surface area (Å²) < 4.78 is 5.72. The van der Waals surface area contributed by atoms with E-state index in [0.29, 0.717) is 5.56 Å². The molecule has 0 amide bonds. The molecule has 3 heteroatoms. The molecule has 20 heavy (non-hydrogen) atoms. The minimum absolute atomic E-state index is 0.656. The van der Waals surface area contributed by atoms with E-state index >= 15 is 0 Å². The summed E-state index contributed by atoms with van der Waals surface area (Å²) >= 11 is 0. The summed E-state index contributed by atoms with van der Waals surface area (Å²) in [5.41, 5.74) is 0.656. The summed E-state index contributed by atoms with van der Waals surface area (Å²) in [5, 5.41) is 8.84. The zero-order chi connectivity index (χ0) is 14.2. The highest BCUT2D eigenvalue weighted by Crippen LogP contribution is 2.29. The lowest BCUT2D eigenvalue weighted by atomic mass is 10.2. The van der Waals surface area contributed by atoms with Gasteiger partial charge in [0.05, 0.1) is 18.2 Å². The SMILES string of the molecule is CCCN(CCCOc1cccc(C#N)c1)CC1CC1. The molecular weight excluding hydrogens is 248 g/mol. The Labute approximate surface area is 122 Å². The first kappa shape index (κ1) is 14.9. The Morgan fingerprint density at radius 3 is 2.90 bits per heavy atom. The van der Waals surface area contributed by atoms with E-state index in [9.17, 15) is 0 Å². The van der Waals surface area contributed by atoms with Crippen molar-refractivity contribution in [3.63, 3.8) is 0 Å². The average Bonchev–Trinajstić information content (AvgIpc) is 3.28. The molecule has 0 unspecified atom stereocenters. The van der Waals surface area contributed by atoms with Crippen LogP contribution >= 0.6 is 0 Å². The molecule has 108 valence electrons. The van der Waals surface area contributed by atoms with E-state index in [-0.39, 0.29) is 0 Å². The van der Waals surface area contributed by atoms with Crippen LogP contribution in [0.3, 0.4) is 0 Å². The summed E-state index contributed by atoms with van der Waals surface area (Å²) in [7, 11) is 0. The van der Waals surface area contributed by atoms with Gasteiger partial charge >= 0.3 is 0 Å². The third kappa shape index (κ3) is 5.22. The number of benzene rings is 1. The van der Waals surface area contributed by atoms with E-state index in [1.165, 1.54) is 32.4 Å². The molecule has 0 spiro atoms. The maximum atomic E-state index is 8.84. The van der Waals surface area contributed by atoms with E-state index in [4.69, 9.17) is 10.00 Å². The van der Waals surface area contributed by atoms with E-state index in [0.717, 1.165) is 31.2 Å². The van der Waals surface area contributed by atoms with Crippen molar-refractivity contribution in [3.05, 3.63) is 29.8 Å². The second kappa shape index (κ2) is 7.91. The molecule has 1 fully saturated rings. The van der Waals surface area contributed by atoms with Crippen LogP contribution in [0.5, 0.6) is 5.75 Å². The van der Waals surface area contributed by atoms with E-state index in [1.54, 1.807) is 12.1 Å². The molecule has 0 N–H and O–H groups in total. The molecule has 0 aliphatic heterocycles. The predicted molar refractivity (Wildman–Crippen MR) is 80.7 cm³/mol. The van der Waals surface area contributed by atoms with Crippen LogP contribution in [0.25, 0.3) is 0 Å². The van der Waals surface area contributed by atoms with Crippen molar-refractivity contribution in [2.24, 2.45) is 5.92 Å². The molecule has 1 aromatic rings. The van der Waals surface area contributed by atoms with Gasteiger partial charge in [-0.05, 0) is 56.3 Å². The Morgan fingerprint density at radius 1 is 1.35 bits per heavy atom. The van der Waals surface area contributed by atoms with Gasteiger partial charge in [0.2, 0.25) is 0 Å². The summed E-state index contributed by atoms with van der Waals surface area (Å²) in [6.45, 7) is 6.53. The maximum absolute atomic E-state index is 8.84. The Kier molecular flexibility index (Phi) is 5.88. The van der Waals surface area contributed by atoms with Gasteiger partial charge in [0.1, 0.15) is 5.75 Å². The highest BCUT2D eigenvalue weighted by molar-refractivity contribution is 5.36. The van der Waals surface area contributed by atoms with E-state index in [1.807, 2.05) is 12.1 Å². The second-order valence-corrected chi connectivity index (χ2v) is 5.59. The van der Waals surface area contributed by atoms with Gasteiger partial charge in [-0.15, -0.1) is 0 Å². The normalized spacial score (nSPS) is 14.2. The van der Waals surface area contributed by atoms with Gasteiger partial charge in [0, 0.05) is 13.1 Å². The number of rotatable bonds is 9. The summed E-state index contributed by atoms with van der Waals surface area (Å²) in [6.07, 6.45) is 5.09. The lowest BCUT2D eigenvalue weighted by Crippen LogP contribution is -2.29. The summed E-state index contributed by atoms with van der Waals surface area (Å²) in [4.78, 5) is 2.56. The Balaban J connectivity index is 1.67. The highest BCUT2D eigenvalue weighted by atomic mass is 16.5. The van der Waals surface area contributed by atoms with Gasteiger partial charge in [-0.2, -0.15) is 5.26 Å². The van der Waals surface area contributed by atoms with Crippen LogP contribution < -0.4 is 4.74 Å². The minimum atomic E-state index is 0.656. The molecule has 1 aliphatic rings. The molecule has 0 heterocycles. The molecule has 0 radical (unpaired) electrons. The number of ether oxygens (including phenoxy) is 1. The zero-order valence-electron chi connectivity index (χ0n) is 12.3. The summed E-state index contributed by atoms with van der Waals surface area (Å²) in [6, 6.07) is 9.51. The largest absolute Gasteiger partial charge is 0.494 e. The lowest BCUT2D eigenvalue weighted by molar-refractivity contribution is 0.227. The van der Waals surface area contributed by atoms with Crippen LogP contribution in [-0.4, -0.2) is 31.1 Å². The van der Waals surface area contributed by atoms with Crippen molar-refractivity contribution in [1.82, 2.24) is 4.90 Å². The van der Waals surface area contributed by atoms with Crippen molar-refractivity contribution in [2.75, 3.05) is 26.2 Å². The monoisotopic (exact) mass is 272 g/mol. The second-order valence-electron chi connectivity index (χ2n) is 5.59. The maximum Gasteiger partial charge on any atom is 0.120 e. The molecule has 0 saturated heterocycles. The molecule has 1 aliphatic carbocycles. The molecule has 1 saturated carbocycles. The molecule has 0 aromatic heterocycles. The van der Waals surface area contributed by atoms with Crippen LogP contribution in [0.2, 0.25) is 0 Å². The van der Waals surface area contributed by atoms with Crippen molar-refractivity contribution in [3.8, 4) is 11.8 Å². The van der Waals surface area contributed by atoms with Crippen LogP contribution in [0.15, 0.2) is 24.3 Å². The fourth-order valence-corrected chi connectivity index (χ4v) is 2.41. The Morgan fingerprint density at radius 2 is 2.20 bits per heavy atom. The van der Waals surface area contributed by atoms with Gasteiger partial charge in [0.15, 0.2) is 0 Å². The summed E-state index contributed by atoms with van der Waals surface area (Å²) in [5.74, 6) is 1.75. The van der Waals surface area contributed by atoms with Crippen LogP contribution in [0.4, 0.5) is 0 Å². The average molecular weight is 272 g/mol. The van der Waals surface area contributed by atoms with Gasteiger partial charge < -0.3 is 9.64 Å². The quantitative estimate of drug-likeness (QED) is 0.646. The number of hydrogen-bond acceptors (Lipinski definition) is 3. The standard InChI is InChI=1S/C17H24N2O/c1-2-9-19(14-15-7-8-15)10-4-11-20-17-6-3-5-16(12-17)13-18/h3,5-6,12,15H,2,4,7-11,14H2,1H3. The number of nitrogens with zero attached hydrogens (tertiary/aromatic N) is 2. The molecule has 1 aromatic carbocycles. The van der Waals surface area contributed by atoms with Gasteiger partial charge in [-0.3, -0.25) is 0 Å². The molecule has 0 bridgehead atoms. The topological polar surface area (TPSA) is 36.3 Å². The first-order valence-corrected chi connectivity index (χ1v) is 7.67. The number of hydrogen-bond donors (Lipinski definition) is 0. The Bertz CT molecular complexity index is 449. The van der Waals surface area contributed by atoms with E-state index in [2.05, 4.69) is 17.9 Å². The number of nitriles is 1. The molecule has 2 rings (SSSR count). The zero-order valence-corrected chi connectivity index (χ0v) is 12.3. The molecule has 0 atom stereocenters. The third-order valence-corrected chi connectivity index (χ3v) is 3.60. The predicted octanol–water partition coefficient (Wildman–Crippen LogP) is 3.45. The van der Waals surface area contributed by atoms with Gasteiger partial charge in [-0.1, -0.05) is 13.0 Å². The van der Waals surface area contributed by atoms with Gasteiger partial charge in [-0.25, -0.2) is 0 Å². The van der Waals surface area contributed by atoms with Crippen molar-refractivity contribution in [1.29, 1.82) is 5.26 Å². The van der Waals surface area contributed by atoms with Crippen molar-refractivity contribution in [2.45, 2.75) is 32.6 Å². The van der Waals surface area contributed by atoms with Gasteiger partial charge in [0.25, 0.3) is 0 Å². The smallest absolute Gasteiger partial charge is 0.120 e. The van der Waals surface area contributed by atoms with E-state index < -0.39 is 0 Å². The van der Waals surface area contributed by atoms with Crippen molar-refractivity contribution < 1.29 is 4.74 Å². The fourth-order valence-electron chi connectivity index (χ4n) is 2.41. The fraction of sp³-hybridized carbons (Fsp3) is 0.588. The van der Waals surface area contributed by atoms with Crippen LogP contribution in [0.1, 0.15) is 38.2 Å². The molecule has 3 nitrogen and oxygen atoms in total. The third-order valence-electron chi connectivity index (χ3n) is 3.60. The minimum Gasteiger partial charge on any atom is -0.494 e. The molecular formula is C17H24N2O. The highest BCUT2D eigenvalue weighted by Gasteiger charge is 2.23.